The summed E-state index contributed by atoms with van der Waals surface area (Å²) >= 11 is 0. The largest absolute Gasteiger partial charge is 0.327 e. The van der Waals surface area contributed by atoms with Crippen molar-refractivity contribution in [1.82, 2.24) is 4.90 Å². The summed E-state index contributed by atoms with van der Waals surface area (Å²) in [6.45, 7) is 7.79. The van der Waals surface area contributed by atoms with E-state index in [-0.39, 0.29) is 0 Å². The summed E-state index contributed by atoms with van der Waals surface area (Å²) in [6, 6.07) is 1.03. The lowest BCUT2D eigenvalue weighted by Crippen LogP contribution is -2.39. The molecule has 14 heavy (non-hydrogen) atoms. The lowest BCUT2D eigenvalue weighted by atomic mass is 10.1. The first-order valence-electron chi connectivity index (χ1n) is 6.07. The van der Waals surface area contributed by atoms with Gasteiger partial charge in [0.15, 0.2) is 0 Å². The highest BCUT2D eigenvalue weighted by atomic mass is 15.1. The number of likely N-dealkylation sites (N-methyl/N-ethyl adjacent to an activating group) is 1. The van der Waals surface area contributed by atoms with Gasteiger partial charge in [0.25, 0.3) is 0 Å². The highest BCUT2D eigenvalue weighted by molar-refractivity contribution is 4.70. The molecule has 2 heteroatoms. The van der Waals surface area contributed by atoms with Crippen LogP contribution in [-0.4, -0.2) is 30.6 Å². The van der Waals surface area contributed by atoms with Crippen molar-refractivity contribution in [2.45, 2.75) is 65.0 Å². The highest BCUT2D eigenvalue weighted by Gasteiger charge is 2.11. The summed E-state index contributed by atoms with van der Waals surface area (Å²) < 4.78 is 0. The standard InChI is InChI=1S/C12H28N2/c1-5-7-9-12(13)10-14(4)11(3)8-6-2/h11-12H,5-10,13H2,1-4H3. The van der Waals surface area contributed by atoms with Gasteiger partial charge in [0, 0.05) is 18.6 Å². The van der Waals surface area contributed by atoms with Crippen LogP contribution in [0, 0.1) is 0 Å². The van der Waals surface area contributed by atoms with Gasteiger partial charge in [0.05, 0.1) is 0 Å². The summed E-state index contributed by atoms with van der Waals surface area (Å²) in [6.07, 6.45) is 6.21. The molecule has 2 unspecified atom stereocenters. The smallest absolute Gasteiger partial charge is 0.0167 e. The zero-order valence-electron chi connectivity index (χ0n) is 10.4. The zero-order chi connectivity index (χ0) is 11.0. The molecule has 0 heterocycles. The maximum Gasteiger partial charge on any atom is 0.0167 e. The maximum absolute atomic E-state index is 6.05. The van der Waals surface area contributed by atoms with E-state index in [0.717, 1.165) is 6.54 Å². The van der Waals surface area contributed by atoms with Gasteiger partial charge in [0.2, 0.25) is 0 Å². The average molecular weight is 200 g/mol. The number of nitrogens with two attached hydrogens (primary N) is 1. The number of unbranched alkanes of at least 4 members (excludes halogenated alkanes) is 1. The third-order valence-electron chi connectivity index (χ3n) is 2.91. The molecule has 0 spiro atoms. The Balaban J connectivity index is 3.63. The summed E-state index contributed by atoms with van der Waals surface area (Å²) in [7, 11) is 2.19. The van der Waals surface area contributed by atoms with E-state index >= 15 is 0 Å². The van der Waals surface area contributed by atoms with E-state index in [9.17, 15) is 0 Å². The molecule has 0 rings (SSSR count). The molecule has 2 atom stereocenters. The van der Waals surface area contributed by atoms with Crippen LogP contribution in [0.25, 0.3) is 0 Å². The van der Waals surface area contributed by atoms with E-state index in [1.54, 1.807) is 0 Å². The van der Waals surface area contributed by atoms with Crippen LogP contribution in [0.1, 0.15) is 52.9 Å². The van der Waals surface area contributed by atoms with Crippen LogP contribution in [0.2, 0.25) is 0 Å². The first kappa shape index (κ1) is 13.9. The number of nitrogens with zero attached hydrogens (tertiary/aromatic N) is 1. The lowest BCUT2D eigenvalue weighted by Gasteiger charge is -2.27. The molecule has 86 valence electrons. The molecule has 0 radical (unpaired) electrons. The summed E-state index contributed by atoms with van der Waals surface area (Å²) in [5.41, 5.74) is 6.05. The quantitative estimate of drug-likeness (QED) is 0.652. The van der Waals surface area contributed by atoms with Gasteiger partial charge in [0.1, 0.15) is 0 Å². The van der Waals surface area contributed by atoms with Crippen LogP contribution in [0.15, 0.2) is 0 Å². The van der Waals surface area contributed by atoms with Crippen molar-refractivity contribution in [1.29, 1.82) is 0 Å². The Morgan fingerprint density at radius 3 is 2.29 bits per heavy atom. The highest BCUT2D eigenvalue weighted by Crippen LogP contribution is 2.06. The van der Waals surface area contributed by atoms with E-state index in [0.29, 0.717) is 12.1 Å². The van der Waals surface area contributed by atoms with Crippen molar-refractivity contribution in [2.24, 2.45) is 5.73 Å². The Labute approximate surface area is 89.9 Å². The molecule has 0 bridgehead atoms. The second kappa shape index (κ2) is 8.25. The zero-order valence-corrected chi connectivity index (χ0v) is 10.4. The first-order valence-corrected chi connectivity index (χ1v) is 6.07. The van der Waals surface area contributed by atoms with Gasteiger partial charge >= 0.3 is 0 Å². The number of rotatable bonds is 8. The third-order valence-corrected chi connectivity index (χ3v) is 2.91. The second-order valence-corrected chi connectivity index (χ2v) is 4.48. The predicted molar refractivity (Wildman–Crippen MR) is 64.5 cm³/mol. The van der Waals surface area contributed by atoms with E-state index in [1.165, 1.54) is 32.1 Å². The molecule has 0 aromatic rings. The number of hydrogen-bond acceptors (Lipinski definition) is 2. The van der Waals surface area contributed by atoms with E-state index < -0.39 is 0 Å². The number of hydrogen-bond donors (Lipinski definition) is 1. The Morgan fingerprint density at radius 2 is 1.79 bits per heavy atom. The fraction of sp³-hybridized carbons (Fsp3) is 1.00. The SMILES string of the molecule is CCCCC(N)CN(C)C(C)CCC. The minimum absolute atomic E-state index is 0.360. The van der Waals surface area contributed by atoms with Gasteiger partial charge in [-0.3, -0.25) is 0 Å². The molecular weight excluding hydrogens is 172 g/mol. The Hall–Kier alpha value is -0.0800. The lowest BCUT2D eigenvalue weighted by molar-refractivity contribution is 0.226. The molecule has 2 N–H and O–H groups in total. The van der Waals surface area contributed by atoms with E-state index in [1.807, 2.05) is 0 Å². The predicted octanol–water partition coefficient (Wildman–Crippen LogP) is 2.62. The average Bonchev–Trinajstić information content (AvgIpc) is 2.15. The summed E-state index contributed by atoms with van der Waals surface area (Å²) in [5.74, 6) is 0. The van der Waals surface area contributed by atoms with Gasteiger partial charge in [-0.05, 0) is 26.8 Å². The Morgan fingerprint density at radius 1 is 1.14 bits per heavy atom. The van der Waals surface area contributed by atoms with Crippen LogP contribution in [0.5, 0.6) is 0 Å². The van der Waals surface area contributed by atoms with Crippen LogP contribution in [-0.2, 0) is 0 Å². The van der Waals surface area contributed by atoms with Gasteiger partial charge in [-0.15, -0.1) is 0 Å². The molecule has 0 saturated heterocycles. The molecule has 0 aliphatic heterocycles. The van der Waals surface area contributed by atoms with Gasteiger partial charge in [-0.1, -0.05) is 33.1 Å². The minimum Gasteiger partial charge on any atom is -0.327 e. The van der Waals surface area contributed by atoms with E-state index in [2.05, 4.69) is 32.7 Å². The van der Waals surface area contributed by atoms with Crippen molar-refractivity contribution in [3.8, 4) is 0 Å². The van der Waals surface area contributed by atoms with Gasteiger partial charge in [-0.2, -0.15) is 0 Å². The monoisotopic (exact) mass is 200 g/mol. The van der Waals surface area contributed by atoms with Crippen molar-refractivity contribution < 1.29 is 0 Å². The van der Waals surface area contributed by atoms with Gasteiger partial charge in [-0.25, -0.2) is 0 Å². The molecule has 0 saturated carbocycles. The molecular formula is C12H28N2. The fourth-order valence-electron chi connectivity index (χ4n) is 1.75. The molecule has 0 aliphatic rings. The van der Waals surface area contributed by atoms with Crippen molar-refractivity contribution in [3.05, 3.63) is 0 Å². The topological polar surface area (TPSA) is 29.3 Å². The van der Waals surface area contributed by atoms with Crippen molar-refractivity contribution >= 4 is 0 Å². The normalized spacial score (nSPS) is 15.9. The van der Waals surface area contributed by atoms with E-state index in [4.69, 9.17) is 5.73 Å². The first-order chi connectivity index (χ1) is 6.61. The maximum atomic E-state index is 6.05. The van der Waals surface area contributed by atoms with Crippen LogP contribution < -0.4 is 5.73 Å². The minimum atomic E-state index is 0.360. The van der Waals surface area contributed by atoms with Crippen molar-refractivity contribution in [2.75, 3.05) is 13.6 Å². The molecule has 2 nitrogen and oxygen atoms in total. The Bertz CT molecular complexity index is 125. The van der Waals surface area contributed by atoms with Crippen molar-refractivity contribution in [3.63, 3.8) is 0 Å². The van der Waals surface area contributed by atoms with Gasteiger partial charge < -0.3 is 10.6 Å². The third kappa shape index (κ3) is 6.39. The summed E-state index contributed by atoms with van der Waals surface area (Å²) in [4.78, 5) is 2.39. The molecule has 0 aromatic carbocycles. The Kier molecular flexibility index (Phi) is 8.20. The molecule has 0 amide bonds. The van der Waals surface area contributed by atoms with Crippen LogP contribution in [0.4, 0.5) is 0 Å². The fourth-order valence-corrected chi connectivity index (χ4v) is 1.75. The summed E-state index contributed by atoms with van der Waals surface area (Å²) in [5, 5.41) is 0. The molecule has 0 aromatic heterocycles. The molecule has 0 aliphatic carbocycles. The molecule has 0 fully saturated rings. The van der Waals surface area contributed by atoms with Crippen LogP contribution >= 0.6 is 0 Å². The van der Waals surface area contributed by atoms with Crippen LogP contribution in [0.3, 0.4) is 0 Å². The second-order valence-electron chi connectivity index (χ2n) is 4.48.